The molecule has 0 spiro atoms. The zero-order chi connectivity index (χ0) is 19.0. The zero-order valence-electron chi connectivity index (χ0n) is 15.3. The minimum Gasteiger partial charge on any atom is -0.481 e. The Morgan fingerprint density at radius 3 is 2.59 bits per heavy atom. The fraction of sp³-hybridized carbons (Fsp3) is 0.474. The van der Waals surface area contributed by atoms with Crippen LogP contribution in [-0.4, -0.2) is 41.1 Å². The van der Waals surface area contributed by atoms with Gasteiger partial charge in [-0.25, -0.2) is 4.98 Å². The molecule has 2 aromatic heterocycles. The van der Waals surface area contributed by atoms with Crippen LogP contribution in [0.1, 0.15) is 59.4 Å². The van der Waals surface area contributed by atoms with Crippen LogP contribution in [0.15, 0.2) is 23.0 Å². The quantitative estimate of drug-likeness (QED) is 0.802. The molecule has 0 unspecified atom stereocenters. The summed E-state index contributed by atoms with van der Waals surface area (Å²) in [4.78, 5) is 36.0. The van der Waals surface area contributed by atoms with Crippen molar-refractivity contribution in [2.24, 2.45) is 0 Å². The van der Waals surface area contributed by atoms with Crippen LogP contribution in [0.4, 0.5) is 0 Å². The fourth-order valence-electron chi connectivity index (χ4n) is 3.36. The first-order valence-electron chi connectivity index (χ1n) is 9.08. The molecular formula is C19H22N4O4. The first-order chi connectivity index (χ1) is 13.1. The maximum absolute atomic E-state index is 12.5. The van der Waals surface area contributed by atoms with Crippen molar-refractivity contribution in [3.05, 3.63) is 45.6 Å². The summed E-state index contributed by atoms with van der Waals surface area (Å²) in [5, 5.41) is 3.00. The molecule has 0 atom stereocenters. The lowest BCUT2D eigenvalue weighted by Crippen LogP contribution is -2.44. The highest BCUT2D eigenvalue weighted by Gasteiger charge is 2.34. The van der Waals surface area contributed by atoms with E-state index in [2.05, 4.69) is 20.3 Å². The lowest BCUT2D eigenvalue weighted by atomic mass is 9.78. The lowest BCUT2D eigenvalue weighted by Gasteiger charge is -2.35. The van der Waals surface area contributed by atoms with Crippen molar-refractivity contribution in [2.45, 2.75) is 43.6 Å². The van der Waals surface area contributed by atoms with Crippen LogP contribution < -0.4 is 20.3 Å². The van der Waals surface area contributed by atoms with Gasteiger partial charge in [-0.05, 0) is 31.7 Å². The molecule has 8 heteroatoms. The van der Waals surface area contributed by atoms with Crippen molar-refractivity contribution in [1.29, 1.82) is 0 Å². The molecule has 2 aliphatic rings. The normalized spacial score (nSPS) is 21.3. The maximum atomic E-state index is 12.5. The number of H-pyrrole nitrogens is 1. The van der Waals surface area contributed by atoms with E-state index in [4.69, 9.17) is 9.47 Å². The molecule has 0 aromatic carbocycles. The van der Waals surface area contributed by atoms with Gasteiger partial charge in [0.1, 0.15) is 11.4 Å². The van der Waals surface area contributed by atoms with Crippen LogP contribution in [0.25, 0.3) is 0 Å². The summed E-state index contributed by atoms with van der Waals surface area (Å²) in [6.07, 6.45) is 3.71. The number of pyridine rings is 1. The fourth-order valence-corrected chi connectivity index (χ4v) is 3.36. The third-order valence-corrected chi connectivity index (χ3v) is 5.12. The van der Waals surface area contributed by atoms with Crippen LogP contribution in [0.5, 0.6) is 11.8 Å². The summed E-state index contributed by atoms with van der Waals surface area (Å²) in [5.74, 6) is 1.79. The van der Waals surface area contributed by atoms with E-state index in [9.17, 15) is 9.59 Å². The number of methoxy groups -OCH3 is 2. The summed E-state index contributed by atoms with van der Waals surface area (Å²) in [5.41, 5.74) is 1.10. The third kappa shape index (κ3) is 3.65. The predicted molar refractivity (Wildman–Crippen MR) is 97.4 cm³/mol. The molecule has 2 aromatic rings. The molecule has 0 radical (unpaired) electrons. The Morgan fingerprint density at radius 2 is 1.93 bits per heavy atom. The molecule has 2 fully saturated rings. The van der Waals surface area contributed by atoms with Gasteiger partial charge in [0.2, 0.25) is 11.8 Å². The molecule has 8 nitrogen and oxygen atoms in total. The van der Waals surface area contributed by atoms with E-state index in [1.807, 2.05) is 0 Å². The number of aromatic amines is 1. The number of hydrogen-bond donors (Lipinski definition) is 2. The van der Waals surface area contributed by atoms with Gasteiger partial charge in [-0.1, -0.05) is 0 Å². The molecular weight excluding hydrogens is 348 g/mol. The average molecular weight is 370 g/mol. The maximum Gasteiger partial charge on any atom is 0.256 e. The van der Waals surface area contributed by atoms with Crippen molar-refractivity contribution in [3.8, 4) is 11.8 Å². The van der Waals surface area contributed by atoms with E-state index in [1.54, 1.807) is 18.2 Å². The molecule has 0 bridgehead atoms. The number of aromatic nitrogens is 3. The van der Waals surface area contributed by atoms with Gasteiger partial charge in [0.25, 0.3) is 11.5 Å². The van der Waals surface area contributed by atoms with E-state index in [0.717, 1.165) is 37.2 Å². The standard InChI is InChI=1S/C19H22N4O4/c1-26-16-6-5-13(19(23-16)27-2)18(25)20-12-7-11(8-12)14-9-15(24)22-17(21-14)10-3-4-10/h5-6,9-12H,3-4,7-8H2,1-2H3,(H,20,25)(H,21,22,24). The number of rotatable bonds is 6. The number of carbonyl (C=O) groups excluding carboxylic acids is 1. The molecule has 1 amide bonds. The molecule has 0 aliphatic heterocycles. The Kier molecular flexibility index (Phi) is 4.55. The average Bonchev–Trinajstić information content (AvgIpc) is 3.48. The Balaban J connectivity index is 1.39. The summed E-state index contributed by atoms with van der Waals surface area (Å²) in [6, 6.07) is 4.88. The highest BCUT2D eigenvalue weighted by molar-refractivity contribution is 5.96. The molecule has 142 valence electrons. The van der Waals surface area contributed by atoms with E-state index < -0.39 is 0 Å². The Bertz CT molecular complexity index is 916. The number of ether oxygens (including phenoxy) is 2. The molecule has 2 saturated carbocycles. The highest BCUT2D eigenvalue weighted by Crippen LogP contribution is 2.40. The smallest absolute Gasteiger partial charge is 0.256 e. The monoisotopic (exact) mass is 370 g/mol. The predicted octanol–water partition coefficient (Wildman–Crippen LogP) is 1.74. The van der Waals surface area contributed by atoms with Gasteiger partial charge in [0.05, 0.1) is 19.9 Å². The van der Waals surface area contributed by atoms with Crippen molar-refractivity contribution < 1.29 is 14.3 Å². The van der Waals surface area contributed by atoms with Crippen LogP contribution in [0, 0.1) is 0 Å². The van der Waals surface area contributed by atoms with E-state index >= 15 is 0 Å². The Morgan fingerprint density at radius 1 is 1.15 bits per heavy atom. The van der Waals surface area contributed by atoms with E-state index in [0.29, 0.717) is 17.4 Å². The van der Waals surface area contributed by atoms with Crippen LogP contribution in [0.3, 0.4) is 0 Å². The lowest BCUT2D eigenvalue weighted by molar-refractivity contribution is 0.0904. The van der Waals surface area contributed by atoms with Gasteiger partial charge >= 0.3 is 0 Å². The number of carbonyl (C=O) groups is 1. The second-order valence-corrected chi connectivity index (χ2v) is 7.08. The summed E-state index contributed by atoms with van der Waals surface area (Å²) < 4.78 is 10.2. The van der Waals surface area contributed by atoms with Gasteiger partial charge in [-0.2, -0.15) is 4.98 Å². The summed E-state index contributed by atoms with van der Waals surface area (Å²) in [6.45, 7) is 0. The number of amides is 1. The van der Waals surface area contributed by atoms with Gasteiger partial charge in [0, 0.05) is 30.0 Å². The zero-order valence-corrected chi connectivity index (χ0v) is 15.3. The van der Waals surface area contributed by atoms with Crippen molar-refractivity contribution >= 4 is 5.91 Å². The first kappa shape index (κ1) is 17.5. The summed E-state index contributed by atoms with van der Waals surface area (Å²) >= 11 is 0. The summed E-state index contributed by atoms with van der Waals surface area (Å²) in [7, 11) is 2.97. The Hall–Kier alpha value is -2.90. The topological polar surface area (TPSA) is 106 Å². The highest BCUT2D eigenvalue weighted by atomic mass is 16.5. The second kappa shape index (κ2) is 7.02. The Labute approximate surface area is 156 Å². The van der Waals surface area contributed by atoms with Gasteiger partial charge in [-0.3, -0.25) is 9.59 Å². The molecule has 4 rings (SSSR count). The van der Waals surface area contributed by atoms with Crippen LogP contribution in [0.2, 0.25) is 0 Å². The van der Waals surface area contributed by atoms with Crippen molar-refractivity contribution in [2.75, 3.05) is 14.2 Å². The molecule has 2 aliphatic carbocycles. The number of hydrogen-bond acceptors (Lipinski definition) is 6. The van der Waals surface area contributed by atoms with Crippen molar-refractivity contribution in [1.82, 2.24) is 20.3 Å². The molecule has 2 N–H and O–H groups in total. The molecule has 0 saturated heterocycles. The van der Waals surface area contributed by atoms with Crippen molar-refractivity contribution in [3.63, 3.8) is 0 Å². The first-order valence-corrected chi connectivity index (χ1v) is 9.08. The van der Waals surface area contributed by atoms with Crippen LogP contribution in [-0.2, 0) is 0 Å². The van der Waals surface area contributed by atoms with E-state index in [1.165, 1.54) is 14.2 Å². The minimum absolute atomic E-state index is 0.0415. The van der Waals surface area contributed by atoms with Gasteiger partial charge in [-0.15, -0.1) is 0 Å². The molecule has 2 heterocycles. The van der Waals surface area contributed by atoms with Crippen LogP contribution >= 0.6 is 0 Å². The largest absolute Gasteiger partial charge is 0.481 e. The van der Waals surface area contributed by atoms with E-state index in [-0.39, 0.29) is 29.3 Å². The number of nitrogens with zero attached hydrogens (tertiary/aromatic N) is 2. The minimum atomic E-state index is -0.233. The SMILES string of the molecule is COc1ccc(C(=O)NC2CC(c3cc(=O)[nH]c(C4CC4)n3)C2)c(OC)n1. The van der Waals surface area contributed by atoms with Gasteiger partial charge in [0.15, 0.2) is 0 Å². The van der Waals surface area contributed by atoms with Gasteiger partial charge < -0.3 is 19.8 Å². The molecule has 27 heavy (non-hydrogen) atoms. The number of nitrogens with one attached hydrogen (secondary N) is 2. The third-order valence-electron chi connectivity index (χ3n) is 5.12. The second-order valence-electron chi connectivity index (χ2n) is 7.08.